The van der Waals surface area contributed by atoms with Crippen LogP contribution in [0.4, 0.5) is 0 Å². The Labute approximate surface area is 61.6 Å². The van der Waals surface area contributed by atoms with E-state index < -0.39 is 0 Å². The molecule has 1 rings (SSSR count). The molecule has 1 amide bonds. The van der Waals surface area contributed by atoms with E-state index in [1.807, 2.05) is 4.90 Å². The number of carbonyl (C=O) groups excluding carboxylic acids is 1. The van der Waals surface area contributed by atoms with E-state index >= 15 is 0 Å². The Kier molecular flexibility index (Phi) is 2.27. The van der Waals surface area contributed by atoms with E-state index in [9.17, 15) is 4.79 Å². The van der Waals surface area contributed by atoms with Crippen molar-refractivity contribution < 1.29 is 4.79 Å². The fourth-order valence-corrected chi connectivity index (χ4v) is 1.31. The highest BCUT2D eigenvalue weighted by molar-refractivity contribution is 5.47. The Hall–Kier alpha value is -0.570. The summed E-state index contributed by atoms with van der Waals surface area (Å²) in [7, 11) is 2.08. The van der Waals surface area contributed by atoms with Gasteiger partial charge in [-0.2, -0.15) is 0 Å². The van der Waals surface area contributed by atoms with E-state index in [0.717, 1.165) is 26.0 Å². The van der Waals surface area contributed by atoms with Crippen molar-refractivity contribution in [3.8, 4) is 0 Å². The first-order valence-corrected chi connectivity index (χ1v) is 3.63. The Balaban J connectivity index is 2.43. The Morgan fingerprint density at radius 1 is 1.50 bits per heavy atom. The van der Waals surface area contributed by atoms with Crippen LogP contribution in [0, 0.1) is 0 Å². The maximum absolute atomic E-state index is 10.4. The number of amides is 1. The highest BCUT2D eigenvalue weighted by Crippen LogP contribution is 2.03. The van der Waals surface area contributed by atoms with Crippen LogP contribution in [0.25, 0.3) is 0 Å². The molecule has 10 heavy (non-hydrogen) atoms. The summed E-state index contributed by atoms with van der Waals surface area (Å²) < 4.78 is 0. The molecular formula is C7H14N2O. The van der Waals surface area contributed by atoms with E-state index in [1.165, 1.54) is 0 Å². The minimum Gasteiger partial charge on any atom is -0.340 e. The summed E-state index contributed by atoms with van der Waals surface area (Å²) in [5.41, 5.74) is 0. The first-order valence-electron chi connectivity index (χ1n) is 3.63. The molecule has 3 nitrogen and oxygen atoms in total. The highest BCUT2D eigenvalue weighted by atomic mass is 16.1. The van der Waals surface area contributed by atoms with Crippen LogP contribution >= 0.6 is 0 Å². The van der Waals surface area contributed by atoms with E-state index in [1.54, 1.807) is 0 Å². The minimum absolute atomic E-state index is 0.385. The second kappa shape index (κ2) is 3.01. The van der Waals surface area contributed by atoms with Crippen molar-refractivity contribution in [1.82, 2.24) is 9.80 Å². The van der Waals surface area contributed by atoms with Crippen LogP contribution in [0.1, 0.15) is 6.92 Å². The van der Waals surface area contributed by atoms with Gasteiger partial charge >= 0.3 is 0 Å². The molecular weight excluding hydrogens is 128 g/mol. The van der Waals surface area contributed by atoms with Crippen molar-refractivity contribution >= 4 is 6.41 Å². The lowest BCUT2D eigenvalue weighted by Gasteiger charge is -2.35. The molecule has 1 heterocycles. The molecule has 0 aliphatic carbocycles. The average molecular weight is 142 g/mol. The molecule has 0 bridgehead atoms. The largest absolute Gasteiger partial charge is 0.340 e. The molecule has 1 aliphatic heterocycles. The standard InChI is InChI=1S/C7H14N2O/c1-7-5-8(2)3-4-9(7)6-10/h6-7H,3-5H2,1-2H3/t7-/m1/s1. The predicted molar refractivity (Wildman–Crippen MR) is 39.7 cm³/mol. The zero-order chi connectivity index (χ0) is 7.56. The van der Waals surface area contributed by atoms with Crippen molar-refractivity contribution in [2.24, 2.45) is 0 Å². The van der Waals surface area contributed by atoms with Gasteiger partial charge in [0.15, 0.2) is 0 Å². The van der Waals surface area contributed by atoms with Crippen LogP contribution in [0.5, 0.6) is 0 Å². The van der Waals surface area contributed by atoms with Crippen LogP contribution in [-0.2, 0) is 4.79 Å². The van der Waals surface area contributed by atoms with E-state index in [-0.39, 0.29) is 0 Å². The number of likely N-dealkylation sites (N-methyl/N-ethyl adjacent to an activating group) is 1. The van der Waals surface area contributed by atoms with Gasteiger partial charge < -0.3 is 9.80 Å². The van der Waals surface area contributed by atoms with Crippen LogP contribution < -0.4 is 0 Å². The maximum atomic E-state index is 10.4. The molecule has 0 saturated carbocycles. The summed E-state index contributed by atoms with van der Waals surface area (Å²) in [5, 5.41) is 0. The zero-order valence-corrected chi connectivity index (χ0v) is 6.58. The fraction of sp³-hybridized carbons (Fsp3) is 0.857. The quantitative estimate of drug-likeness (QED) is 0.472. The third kappa shape index (κ3) is 1.48. The molecule has 0 spiro atoms. The summed E-state index contributed by atoms with van der Waals surface area (Å²) in [4.78, 5) is 14.5. The molecule has 58 valence electrons. The Morgan fingerprint density at radius 2 is 2.20 bits per heavy atom. The lowest BCUT2D eigenvalue weighted by atomic mass is 10.2. The number of rotatable bonds is 1. The van der Waals surface area contributed by atoms with Crippen LogP contribution in [0.2, 0.25) is 0 Å². The number of piperazine rings is 1. The SMILES string of the molecule is C[C@@H]1CN(C)CCN1C=O. The molecule has 1 saturated heterocycles. The number of carbonyl (C=O) groups is 1. The van der Waals surface area contributed by atoms with Gasteiger partial charge in [-0.05, 0) is 14.0 Å². The highest BCUT2D eigenvalue weighted by Gasteiger charge is 2.18. The van der Waals surface area contributed by atoms with E-state index in [2.05, 4.69) is 18.9 Å². The Bertz CT molecular complexity index is 127. The van der Waals surface area contributed by atoms with Gasteiger partial charge in [-0.1, -0.05) is 0 Å². The molecule has 0 aromatic carbocycles. The van der Waals surface area contributed by atoms with Crippen molar-refractivity contribution in [1.29, 1.82) is 0 Å². The van der Waals surface area contributed by atoms with Crippen molar-refractivity contribution in [2.45, 2.75) is 13.0 Å². The Morgan fingerprint density at radius 3 is 2.70 bits per heavy atom. The smallest absolute Gasteiger partial charge is 0.210 e. The van der Waals surface area contributed by atoms with Gasteiger partial charge in [0.1, 0.15) is 0 Å². The molecule has 0 radical (unpaired) electrons. The van der Waals surface area contributed by atoms with Crippen LogP contribution in [0.3, 0.4) is 0 Å². The van der Waals surface area contributed by atoms with Crippen molar-refractivity contribution in [3.05, 3.63) is 0 Å². The van der Waals surface area contributed by atoms with Gasteiger partial charge in [0.2, 0.25) is 6.41 Å². The van der Waals surface area contributed by atoms with E-state index in [4.69, 9.17) is 0 Å². The monoisotopic (exact) mass is 142 g/mol. The zero-order valence-electron chi connectivity index (χ0n) is 6.58. The summed E-state index contributed by atoms with van der Waals surface area (Å²) in [6, 6.07) is 0.385. The van der Waals surface area contributed by atoms with Gasteiger partial charge in [0.05, 0.1) is 0 Å². The van der Waals surface area contributed by atoms with Gasteiger partial charge in [0.25, 0.3) is 0 Å². The topological polar surface area (TPSA) is 23.6 Å². The number of hydrogen-bond acceptors (Lipinski definition) is 2. The van der Waals surface area contributed by atoms with Gasteiger partial charge in [-0.15, -0.1) is 0 Å². The first kappa shape index (κ1) is 7.54. The predicted octanol–water partition coefficient (Wildman–Crippen LogP) is -0.221. The molecule has 0 aromatic rings. The minimum atomic E-state index is 0.385. The van der Waals surface area contributed by atoms with Crippen LogP contribution in [0.15, 0.2) is 0 Å². The third-order valence-corrected chi connectivity index (χ3v) is 2.02. The lowest BCUT2D eigenvalue weighted by molar-refractivity contribution is -0.121. The summed E-state index contributed by atoms with van der Waals surface area (Å²) in [6.45, 7) is 4.95. The molecule has 0 aromatic heterocycles. The normalized spacial score (nSPS) is 28.6. The average Bonchev–Trinajstić information content (AvgIpc) is 1.88. The number of hydrogen-bond donors (Lipinski definition) is 0. The van der Waals surface area contributed by atoms with Gasteiger partial charge in [-0.3, -0.25) is 4.79 Å². The molecule has 3 heteroatoms. The molecule has 1 fully saturated rings. The van der Waals surface area contributed by atoms with Crippen molar-refractivity contribution in [2.75, 3.05) is 26.7 Å². The fourth-order valence-electron chi connectivity index (χ4n) is 1.31. The van der Waals surface area contributed by atoms with Crippen molar-refractivity contribution in [3.63, 3.8) is 0 Å². The molecule has 1 atom stereocenters. The lowest BCUT2D eigenvalue weighted by Crippen LogP contribution is -2.49. The summed E-state index contributed by atoms with van der Waals surface area (Å²) >= 11 is 0. The van der Waals surface area contributed by atoms with Crippen LogP contribution in [-0.4, -0.2) is 48.9 Å². The molecule has 0 unspecified atom stereocenters. The second-order valence-corrected chi connectivity index (χ2v) is 2.95. The second-order valence-electron chi connectivity index (χ2n) is 2.95. The molecule has 0 N–H and O–H groups in total. The third-order valence-electron chi connectivity index (χ3n) is 2.02. The van der Waals surface area contributed by atoms with Gasteiger partial charge in [-0.25, -0.2) is 0 Å². The molecule has 1 aliphatic rings. The maximum Gasteiger partial charge on any atom is 0.210 e. The van der Waals surface area contributed by atoms with E-state index in [0.29, 0.717) is 6.04 Å². The first-order chi connectivity index (χ1) is 4.74. The summed E-state index contributed by atoms with van der Waals surface area (Å²) in [5.74, 6) is 0. The number of nitrogens with zero attached hydrogens (tertiary/aromatic N) is 2. The van der Waals surface area contributed by atoms with Gasteiger partial charge in [0, 0.05) is 25.7 Å². The summed E-state index contributed by atoms with van der Waals surface area (Å²) in [6.07, 6.45) is 0.942.